The van der Waals surface area contributed by atoms with E-state index in [1.165, 1.54) is 0 Å². The second-order valence-corrected chi connectivity index (χ2v) is 7.45. The second kappa shape index (κ2) is 11.7. The Kier molecular flexibility index (Phi) is 9.14. The van der Waals surface area contributed by atoms with Crippen LogP contribution >= 0.6 is 0 Å². The highest BCUT2D eigenvalue weighted by atomic mass is 19.4. The van der Waals surface area contributed by atoms with Crippen molar-refractivity contribution in [3.8, 4) is 0 Å². The molecule has 2 amide bonds. The van der Waals surface area contributed by atoms with E-state index in [2.05, 4.69) is 9.97 Å². The number of carboxylic acid groups (broad SMARTS) is 2. The van der Waals surface area contributed by atoms with Crippen molar-refractivity contribution in [2.24, 2.45) is 0 Å². The molecule has 4 rings (SSSR count). The quantitative estimate of drug-likeness (QED) is 0.559. The topological polar surface area (TPSA) is 141 Å². The highest BCUT2D eigenvalue weighted by Crippen LogP contribution is 2.36. The van der Waals surface area contributed by atoms with Crippen molar-refractivity contribution in [1.82, 2.24) is 14.9 Å². The molecule has 2 atom stereocenters. The van der Waals surface area contributed by atoms with E-state index in [-0.39, 0.29) is 23.9 Å². The Labute approximate surface area is 204 Å². The highest BCUT2D eigenvalue weighted by Gasteiger charge is 2.49. The Hall–Kier alpha value is -4.24. The van der Waals surface area contributed by atoms with Crippen molar-refractivity contribution in [2.75, 3.05) is 11.4 Å². The number of amides is 2. The molecule has 2 aliphatic heterocycles. The van der Waals surface area contributed by atoms with Gasteiger partial charge in [0.05, 0.1) is 29.5 Å². The lowest BCUT2D eigenvalue weighted by Gasteiger charge is -2.25. The standard InChI is InChI=1S/C17H16N4O2.2C2HF3O2/c22-16-9-15-14(21(16)13-4-2-7-19-11-13)5-8-20(15)17(23)12-3-1-6-18-10-12;2*3-2(4,5)1(6)7/h1-4,6-7,10-11,14-15H,5,8-9H2;2*(H,6,7)/t14-,15+;;/m0../s1. The lowest BCUT2D eigenvalue weighted by atomic mass is 10.1. The SMILES string of the molecule is O=C(O)C(F)(F)F.O=C(O)C(F)(F)F.O=C(c1cccnc1)N1CC[C@H]2[C@H]1CC(=O)N2c1cccnc1. The van der Waals surface area contributed by atoms with Crippen LogP contribution in [0.4, 0.5) is 32.0 Å². The molecule has 0 aromatic carbocycles. The van der Waals surface area contributed by atoms with E-state index in [0.29, 0.717) is 18.5 Å². The number of alkyl halides is 6. The predicted octanol–water partition coefficient (Wildman–Crippen LogP) is 2.76. The summed E-state index contributed by atoms with van der Waals surface area (Å²) < 4.78 is 63.5. The van der Waals surface area contributed by atoms with Crippen LogP contribution < -0.4 is 4.90 Å². The fourth-order valence-corrected chi connectivity index (χ4v) is 3.59. The van der Waals surface area contributed by atoms with Crippen LogP contribution in [0.3, 0.4) is 0 Å². The summed E-state index contributed by atoms with van der Waals surface area (Å²) in [5.74, 6) is -5.51. The number of carboxylic acids is 2. The largest absolute Gasteiger partial charge is 0.490 e. The van der Waals surface area contributed by atoms with Gasteiger partial charge in [-0.25, -0.2) is 9.59 Å². The van der Waals surface area contributed by atoms with Crippen LogP contribution in [0, 0.1) is 0 Å². The molecule has 0 saturated carbocycles. The van der Waals surface area contributed by atoms with E-state index in [1.807, 2.05) is 17.0 Å². The minimum atomic E-state index is -5.08. The normalized spacial score (nSPS) is 18.7. The van der Waals surface area contributed by atoms with Crippen LogP contribution in [0.5, 0.6) is 0 Å². The molecule has 0 unspecified atom stereocenters. The number of hydrogen-bond acceptors (Lipinski definition) is 6. The molecule has 37 heavy (non-hydrogen) atoms. The molecule has 0 spiro atoms. The molecule has 200 valence electrons. The predicted molar refractivity (Wildman–Crippen MR) is 111 cm³/mol. The third-order valence-electron chi connectivity index (χ3n) is 5.07. The number of rotatable bonds is 2. The van der Waals surface area contributed by atoms with Crippen molar-refractivity contribution in [3.05, 3.63) is 54.6 Å². The Balaban J connectivity index is 0.000000286. The molecule has 16 heteroatoms. The van der Waals surface area contributed by atoms with E-state index in [4.69, 9.17) is 19.8 Å². The number of fused-ring (bicyclic) bond motifs is 1. The van der Waals surface area contributed by atoms with Gasteiger partial charge in [0.1, 0.15) is 0 Å². The smallest absolute Gasteiger partial charge is 0.475 e. The highest BCUT2D eigenvalue weighted by molar-refractivity contribution is 6.00. The molecule has 0 radical (unpaired) electrons. The Morgan fingerprint density at radius 2 is 1.38 bits per heavy atom. The van der Waals surface area contributed by atoms with Crippen molar-refractivity contribution < 1.29 is 55.7 Å². The number of nitrogens with zero attached hydrogens (tertiary/aromatic N) is 4. The number of hydrogen-bond donors (Lipinski definition) is 2. The zero-order chi connectivity index (χ0) is 28.0. The summed E-state index contributed by atoms with van der Waals surface area (Å²) in [5, 5.41) is 14.2. The van der Waals surface area contributed by atoms with Gasteiger partial charge in [0.25, 0.3) is 5.91 Å². The van der Waals surface area contributed by atoms with Crippen LogP contribution in [0.25, 0.3) is 0 Å². The van der Waals surface area contributed by atoms with E-state index in [0.717, 1.165) is 12.1 Å². The second-order valence-electron chi connectivity index (χ2n) is 7.45. The maximum atomic E-state index is 12.7. The summed E-state index contributed by atoms with van der Waals surface area (Å²) in [6, 6.07) is 7.19. The third kappa shape index (κ3) is 7.62. The van der Waals surface area contributed by atoms with E-state index >= 15 is 0 Å². The number of likely N-dealkylation sites (tertiary alicyclic amines) is 1. The van der Waals surface area contributed by atoms with Gasteiger partial charge in [-0.2, -0.15) is 26.3 Å². The third-order valence-corrected chi connectivity index (χ3v) is 5.07. The van der Waals surface area contributed by atoms with Crippen molar-refractivity contribution in [1.29, 1.82) is 0 Å². The van der Waals surface area contributed by atoms with Crippen molar-refractivity contribution in [2.45, 2.75) is 37.3 Å². The molecule has 0 bridgehead atoms. The van der Waals surface area contributed by atoms with Crippen LogP contribution in [-0.2, 0) is 14.4 Å². The summed E-state index contributed by atoms with van der Waals surface area (Å²) in [5.41, 5.74) is 1.38. The van der Waals surface area contributed by atoms with Gasteiger partial charge < -0.3 is 20.0 Å². The summed E-state index contributed by atoms with van der Waals surface area (Å²) in [7, 11) is 0. The number of aromatic nitrogens is 2. The fourth-order valence-electron chi connectivity index (χ4n) is 3.59. The minimum Gasteiger partial charge on any atom is -0.475 e. The Bertz CT molecular complexity index is 1090. The molecular weight excluding hydrogens is 518 g/mol. The molecular formula is C21H18F6N4O6. The van der Waals surface area contributed by atoms with Crippen molar-refractivity contribution in [3.63, 3.8) is 0 Å². The molecule has 2 saturated heterocycles. The molecule has 2 aliphatic rings. The number of aliphatic carboxylic acids is 2. The molecule has 2 fully saturated rings. The summed E-state index contributed by atoms with van der Waals surface area (Å²) >= 11 is 0. The number of pyridine rings is 2. The zero-order valence-corrected chi connectivity index (χ0v) is 18.5. The average Bonchev–Trinajstić information content (AvgIpc) is 3.37. The first kappa shape index (κ1) is 29.0. The molecule has 2 aromatic heterocycles. The van der Waals surface area contributed by atoms with Gasteiger partial charge in [0.2, 0.25) is 5.91 Å². The van der Waals surface area contributed by atoms with Gasteiger partial charge in [-0.05, 0) is 30.7 Å². The zero-order valence-electron chi connectivity index (χ0n) is 18.5. The molecule has 4 heterocycles. The van der Waals surface area contributed by atoms with Crippen LogP contribution in [-0.4, -0.2) is 79.8 Å². The Morgan fingerprint density at radius 1 is 0.865 bits per heavy atom. The van der Waals surface area contributed by atoms with Gasteiger partial charge in [0.15, 0.2) is 0 Å². The first-order valence-electron chi connectivity index (χ1n) is 10.2. The average molecular weight is 536 g/mol. The summed E-state index contributed by atoms with van der Waals surface area (Å²) in [6.07, 6.45) is -2.40. The van der Waals surface area contributed by atoms with Gasteiger partial charge in [0, 0.05) is 31.6 Å². The van der Waals surface area contributed by atoms with Crippen LogP contribution in [0.15, 0.2) is 49.1 Å². The van der Waals surface area contributed by atoms with Gasteiger partial charge in [-0.3, -0.25) is 19.6 Å². The lowest BCUT2D eigenvalue weighted by Crippen LogP contribution is -2.40. The monoisotopic (exact) mass is 536 g/mol. The lowest BCUT2D eigenvalue weighted by molar-refractivity contribution is -0.193. The number of carbonyl (C=O) groups excluding carboxylic acids is 2. The summed E-state index contributed by atoms with van der Waals surface area (Å²) in [4.78, 5) is 54.6. The maximum absolute atomic E-state index is 12.7. The molecule has 10 nitrogen and oxygen atoms in total. The number of carbonyl (C=O) groups is 4. The number of halogens is 6. The molecule has 2 N–H and O–H groups in total. The number of anilines is 1. The van der Waals surface area contributed by atoms with E-state index < -0.39 is 24.3 Å². The Morgan fingerprint density at radius 3 is 1.81 bits per heavy atom. The fraction of sp³-hybridized carbons (Fsp3) is 0.333. The van der Waals surface area contributed by atoms with E-state index in [1.54, 1.807) is 41.8 Å². The van der Waals surface area contributed by atoms with Crippen molar-refractivity contribution >= 4 is 29.4 Å². The minimum absolute atomic E-state index is 0.0346. The first-order chi connectivity index (χ1) is 17.1. The van der Waals surface area contributed by atoms with Crippen LogP contribution in [0.2, 0.25) is 0 Å². The first-order valence-corrected chi connectivity index (χ1v) is 10.2. The maximum Gasteiger partial charge on any atom is 0.490 e. The molecule has 0 aliphatic carbocycles. The van der Waals surface area contributed by atoms with Gasteiger partial charge in [-0.1, -0.05) is 0 Å². The summed E-state index contributed by atoms with van der Waals surface area (Å²) in [6.45, 7) is 0.660. The van der Waals surface area contributed by atoms with Gasteiger partial charge >= 0.3 is 24.3 Å². The molecule has 2 aromatic rings. The van der Waals surface area contributed by atoms with Gasteiger partial charge in [-0.15, -0.1) is 0 Å². The van der Waals surface area contributed by atoms with E-state index in [9.17, 15) is 35.9 Å². The van der Waals surface area contributed by atoms with Crippen LogP contribution in [0.1, 0.15) is 23.2 Å².